The fourth-order valence-electron chi connectivity index (χ4n) is 3.19. The highest BCUT2D eigenvalue weighted by Crippen LogP contribution is 2.20. The zero-order chi connectivity index (χ0) is 24.8. The first-order valence-corrected chi connectivity index (χ1v) is 11.7. The van der Waals surface area contributed by atoms with Crippen LogP contribution >= 0.6 is 11.8 Å². The molecule has 0 saturated carbocycles. The molecule has 0 unspecified atom stereocenters. The van der Waals surface area contributed by atoms with E-state index in [1.807, 2.05) is 38.1 Å². The van der Waals surface area contributed by atoms with Gasteiger partial charge < -0.3 is 0 Å². The van der Waals surface area contributed by atoms with Gasteiger partial charge in [-0.2, -0.15) is 9.78 Å². The summed E-state index contributed by atoms with van der Waals surface area (Å²) >= 11 is 1.52. The highest BCUT2D eigenvalue weighted by molar-refractivity contribution is 7.98. The first-order chi connectivity index (χ1) is 16.9. The first kappa shape index (κ1) is 23.8. The van der Waals surface area contributed by atoms with Crippen LogP contribution in [0, 0.1) is 13.8 Å². The van der Waals surface area contributed by atoms with Crippen molar-refractivity contribution in [3.8, 4) is 5.69 Å². The number of hydrazine groups is 1. The van der Waals surface area contributed by atoms with Crippen molar-refractivity contribution >= 4 is 23.6 Å². The maximum Gasteiger partial charge on any atom is 0.290 e. The van der Waals surface area contributed by atoms with Gasteiger partial charge in [-0.3, -0.25) is 25.2 Å². The molecule has 2 amide bonds. The van der Waals surface area contributed by atoms with Gasteiger partial charge in [0.15, 0.2) is 10.9 Å². The lowest BCUT2D eigenvalue weighted by Crippen LogP contribution is -2.42. The third kappa shape index (κ3) is 6.18. The number of rotatable bonds is 6. The Balaban J connectivity index is 1.34. The minimum Gasteiger partial charge on any atom is -0.267 e. The standard InChI is InChI=1S/C25H22N6O3S/c1-16-14-17(2)27-25(26-16)35-15-18-8-10-19(11-9-18)23(33)28-29-24(34)21-12-13-22(32)31(30-21)20-6-4-3-5-7-20/h3-14H,15H2,1-2H3,(H,28,33)(H,29,34). The molecular formula is C25H22N6O3S. The van der Waals surface area contributed by atoms with Crippen LogP contribution < -0.4 is 16.4 Å². The smallest absolute Gasteiger partial charge is 0.267 e. The number of amides is 2. The van der Waals surface area contributed by atoms with Crippen LogP contribution in [0.1, 0.15) is 37.8 Å². The quantitative estimate of drug-likeness (QED) is 0.244. The van der Waals surface area contributed by atoms with Gasteiger partial charge in [-0.1, -0.05) is 42.1 Å². The fraction of sp³-hybridized carbons (Fsp3) is 0.120. The zero-order valence-electron chi connectivity index (χ0n) is 19.1. The van der Waals surface area contributed by atoms with E-state index in [0.717, 1.165) is 21.6 Å². The van der Waals surface area contributed by atoms with Crippen molar-refractivity contribution in [3.63, 3.8) is 0 Å². The Morgan fingerprint density at radius 2 is 1.51 bits per heavy atom. The van der Waals surface area contributed by atoms with Crippen LogP contribution in [-0.2, 0) is 5.75 Å². The van der Waals surface area contributed by atoms with Crippen molar-refractivity contribution in [2.24, 2.45) is 0 Å². The van der Waals surface area contributed by atoms with E-state index in [1.165, 1.54) is 23.9 Å². The largest absolute Gasteiger partial charge is 0.290 e. The van der Waals surface area contributed by atoms with Gasteiger partial charge in [0.05, 0.1) is 5.69 Å². The molecule has 0 atom stereocenters. The van der Waals surface area contributed by atoms with Crippen molar-refractivity contribution in [2.45, 2.75) is 24.8 Å². The van der Waals surface area contributed by atoms with E-state index >= 15 is 0 Å². The predicted molar refractivity (Wildman–Crippen MR) is 132 cm³/mol. The highest BCUT2D eigenvalue weighted by atomic mass is 32.2. The second kappa shape index (κ2) is 10.7. The van der Waals surface area contributed by atoms with E-state index in [1.54, 1.807) is 36.4 Å². The molecule has 2 aromatic heterocycles. The van der Waals surface area contributed by atoms with Crippen molar-refractivity contribution in [3.05, 3.63) is 111 Å². The van der Waals surface area contributed by atoms with Crippen LogP contribution in [0.3, 0.4) is 0 Å². The van der Waals surface area contributed by atoms with Gasteiger partial charge >= 0.3 is 0 Å². The van der Waals surface area contributed by atoms with Crippen LogP contribution in [0.25, 0.3) is 5.69 Å². The molecule has 0 aliphatic carbocycles. The molecule has 0 fully saturated rings. The molecule has 35 heavy (non-hydrogen) atoms. The van der Waals surface area contributed by atoms with Crippen molar-refractivity contribution in [1.29, 1.82) is 0 Å². The minimum atomic E-state index is -0.649. The summed E-state index contributed by atoms with van der Waals surface area (Å²) in [4.78, 5) is 45.9. The number of thioether (sulfide) groups is 1. The lowest BCUT2D eigenvalue weighted by atomic mass is 10.1. The Morgan fingerprint density at radius 1 is 0.857 bits per heavy atom. The molecule has 0 spiro atoms. The molecule has 4 aromatic rings. The first-order valence-electron chi connectivity index (χ1n) is 10.7. The monoisotopic (exact) mass is 486 g/mol. The van der Waals surface area contributed by atoms with E-state index in [2.05, 4.69) is 25.9 Å². The summed E-state index contributed by atoms with van der Waals surface area (Å²) < 4.78 is 1.12. The number of nitrogens with one attached hydrogen (secondary N) is 2. The van der Waals surface area contributed by atoms with Gasteiger partial charge in [0.1, 0.15) is 0 Å². The molecule has 0 bridgehead atoms. The normalized spacial score (nSPS) is 10.6. The summed E-state index contributed by atoms with van der Waals surface area (Å²) in [6.07, 6.45) is 0. The van der Waals surface area contributed by atoms with Crippen LogP contribution in [0.4, 0.5) is 0 Å². The molecule has 9 nitrogen and oxygen atoms in total. The summed E-state index contributed by atoms with van der Waals surface area (Å²) in [6.45, 7) is 3.86. The summed E-state index contributed by atoms with van der Waals surface area (Å²) in [5, 5.41) is 4.80. The Labute approximate surface area is 205 Å². The van der Waals surface area contributed by atoms with Crippen molar-refractivity contribution < 1.29 is 9.59 Å². The summed E-state index contributed by atoms with van der Waals surface area (Å²) in [5.41, 5.74) is 8.05. The Kier molecular flexibility index (Phi) is 7.32. The molecule has 176 valence electrons. The van der Waals surface area contributed by atoms with Gasteiger partial charge in [0.25, 0.3) is 17.4 Å². The van der Waals surface area contributed by atoms with Crippen molar-refractivity contribution in [1.82, 2.24) is 30.6 Å². The number of hydrogen-bond acceptors (Lipinski definition) is 7. The van der Waals surface area contributed by atoms with Crippen LogP contribution in [0.2, 0.25) is 0 Å². The number of para-hydroxylation sites is 1. The van der Waals surface area contributed by atoms with Gasteiger partial charge in [-0.05, 0) is 55.8 Å². The third-order valence-electron chi connectivity index (χ3n) is 4.87. The van der Waals surface area contributed by atoms with Crippen LogP contribution in [0.15, 0.2) is 82.7 Å². The third-order valence-corrected chi connectivity index (χ3v) is 5.79. The number of aromatic nitrogens is 4. The highest BCUT2D eigenvalue weighted by Gasteiger charge is 2.13. The molecule has 0 radical (unpaired) electrons. The molecule has 4 rings (SSSR count). The maximum absolute atomic E-state index is 12.5. The lowest BCUT2D eigenvalue weighted by Gasteiger charge is -2.09. The van der Waals surface area contributed by atoms with E-state index in [-0.39, 0.29) is 11.3 Å². The van der Waals surface area contributed by atoms with E-state index in [4.69, 9.17) is 0 Å². The van der Waals surface area contributed by atoms with Gasteiger partial charge in [0.2, 0.25) is 0 Å². The average molecular weight is 487 g/mol. The molecular weight excluding hydrogens is 464 g/mol. The van der Waals surface area contributed by atoms with E-state index in [0.29, 0.717) is 22.2 Å². The number of carbonyl (C=O) groups excluding carboxylic acids is 2. The van der Waals surface area contributed by atoms with Crippen LogP contribution in [-0.4, -0.2) is 31.6 Å². The summed E-state index contributed by atoms with van der Waals surface area (Å²) in [7, 11) is 0. The molecule has 0 saturated heterocycles. The zero-order valence-corrected chi connectivity index (χ0v) is 19.9. The molecule has 10 heteroatoms. The second-order valence-corrected chi connectivity index (χ2v) is 8.57. The Morgan fingerprint density at radius 3 is 2.20 bits per heavy atom. The Hall–Kier alpha value is -4.31. The summed E-state index contributed by atoms with van der Waals surface area (Å²) in [5.74, 6) is -0.472. The SMILES string of the molecule is Cc1cc(C)nc(SCc2ccc(C(=O)NNC(=O)c3ccc(=O)n(-c4ccccc4)n3)cc2)n1. The van der Waals surface area contributed by atoms with E-state index < -0.39 is 11.8 Å². The maximum atomic E-state index is 12.5. The molecule has 0 aliphatic heterocycles. The Bertz CT molecular complexity index is 1400. The lowest BCUT2D eigenvalue weighted by molar-refractivity contribution is 0.0843. The molecule has 0 aliphatic rings. The minimum absolute atomic E-state index is 0.0188. The second-order valence-electron chi connectivity index (χ2n) is 7.63. The average Bonchev–Trinajstić information content (AvgIpc) is 2.86. The number of aryl methyl sites for hydroxylation is 2. The predicted octanol–water partition coefficient (Wildman–Crippen LogP) is 3.01. The number of nitrogens with zero attached hydrogens (tertiary/aromatic N) is 4. The van der Waals surface area contributed by atoms with Crippen LogP contribution in [0.5, 0.6) is 0 Å². The van der Waals surface area contributed by atoms with Gasteiger partial charge in [-0.25, -0.2) is 9.97 Å². The molecule has 2 N–H and O–H groups in total. The fourth-order valence-corrected chi connectivity index (χ4v) is 4.10. The van der Waals surface area contributed by atoms with E-state index in [9.17, 15) is 14.4 Å². The summed E-state index contributed by atoms with van der Waals surface area (Å²) in [6, 6.07) is 20.2. The molecule has 2 aromatic carbocycles. The van der Waals surface area contributed by atoms with Crippen molar-refractivity contribution in [2.75, 3.05) is 0 Å². The number of carbonyl (C=O) groups is 2. The number of benzene rings is 2. The van der Waals surface area contributed by atoms with Gasteiger partial charge in [0, 0.05) is 28.8 Å². The topological polar surface area (TPSA) is 119 Å². The molecule has 2 heterocycles. The number of hydrogen-bond donors (Lipinski definition) is 2. The van der Waals surface area contributed by atoms with Gasteiger partial charge in [-0.15, -0.1) is 0 Å².